The number of aliphatic carboxylic acids is 1. The van der Waals surface area contributed by atoms with Crippen LogP contribution in [0.2, 0.25) is 0 Å². The zero-order valence-corrected chi connectivity index (χ0v) is 11.3. The number of urea groups is 1. The van der Waals surface area contributed by atoms with Crippen LogP contribution in [0.1, 0.15) is 5.56 Å². The zero-order valence-electron chi connectivity index (χ0n) is 9.76. The Balaban J connectivity index is 2.03. The van der Waals surface area contributed by atoms with Gasteiger partial charge in [-0.05, 0) is 18.2 Å². The monoisotopic (exact) mass is 323 g/mol. The molecule has 1 heterocycles. The topological polar surface area (TPSA) is 93.4 Å². The summed E-state index contributed by atoms with van der Waals surface area (Å²) in [6.45, 7) is 0.383. The summed E-state index contributed by atoms with van der Waals surface area (Å²) in [5, 5.41) is 20.3. The lowest BCUT2D eigenvalue weighted by atomic mass is 10.0. The molecular formula is C12H10BrN3O3. The minimum absolute atomic E-state index is 0.192. The van der Waals surface area contributed by atoms with Crippen molar-refractivity contribution in [2.45, 2.75) is 0 Å². The Morgan fingerprint density at radius 3 is 2.74 bits per heavy atom. The molecule has 1 aromatic rings. The number of amides is 2. The summed E-state index contributed by atoms with van der Waals surface area (Å²) in [6, 6.07) is 6.52. The molecule has 6 nitrogen and oxygen atoms in total. The van der Waals surface area contributed by atoms with Gasteiger partial charge in [0.2, 0.25) is 0 Å². The lowest BCUT2D eigenvalue weighted by Gasteiger charge is -2.36. The third-order valence-electron chi connectivity index (χ3n) is 2.86. The molecule has 2 amide bonds. The molecule has 0 bridgehead atoms. The van der Waals surface area contributed by atoms with E-state index in [2.05, 4.69) is 21.2 Å². The summed E-state index contributed by atoms with van der Waals surface area (Å²) in [6.07, 6.45) is 0. The van der Waals surface area contributed by atoms with Crippen LogP contribution >= 0.6 is 15.9 Å². The van der Waals surface area contributed by atoms with Gasteiger partial charge in [-0.1, -0.05) is 15.9 Å². The number of carbonyl (C=O) groups is 2. The molecular weight excluding hydrogens is 314 g/mol. The van der Waals surface area contributed by atoms with Gasteiger partial charge in [-0.3, -0.25) is 4.79 Å². The Hall–Kier alpha value is -2.07. The van der Waals surface area contributed by atoms with Crippen molar-refractivity contribution in [2.75, 3.05) is 18.4 Å². The minimum Gasteiger partial charge on any atom is -0.481 e. The van der Waals surface area contributed by atoms with E-state index < -0.39 is 17.9 Å². The molecule has 0 atom stereocenters. The van der Waals surface area contributed by atoms with Crippen LogP contribution in [-0.2, 0) is 4.79 Å². The number of nitrogens with zero attached hydrogens (tertiary/aromatic N) is 2. The maximum Gasteiger partial charge on any atom is 0.321 e. The molecule has 0 spiro atoms. The van der Waals surface area contributed by atoms with Gasteiger partial charge in [0.1, 0.15) is 6.07 Å². The van der Waals surface area contributed by atoms with Crippen molar-refractivity contribution < 1.29 is 14.7 Å². The molecule has 0 aromatic heterocycles. The zero-order chi connectivity index (χ0) is 14.0. The van der Waals surface area contributed by atoms with E-state index in [1.54, 1.807) is 18.2 Å². The fourth-order valence-electron chi connectivity index (χ4n) is 1.71. The van der Waals surface area contributed by atoms with E-state index in [1.165, 1.54) is 4.90 Å². The highest BCUT2D eigenvalue weighted by Crippen LogP contribution is 2.23. The van der Waals surface area contributed by atoms with Crippen molar-refractivity contribution in [2.24, 2.45) is 5.92 Å². The number of nitriles is 1. The first-order valence-corrected chi connectivity index (χ1v) is 6.29. The smallest absolute Gasteiger partial charge is 0.321 e. The lowest BCUT2D eigenvalue weighted by molar-refractivity contribution is -0.145. The molecule has 0 saturated carbocycles. The summed E-state index contributed by atoms with van der Waals surface area (Å²) in [5.41, 5.74) is 0.757. The van der Waals surface area contributed by atoms with E-state index in [9.17, 15) is 9.59 Å². The van der Waals surface area contributed by atoms with Crippen LogP contribution in [0.5, 0.6) is 0 Å². The standard InChI is InChI=1S/C12H10BrN3O3/c13-9-2-1-7(4-14)10(3-9)15-12(19)16-5-8(6-16)11(17)18/h1-3,8H,5-6H2,(H,15,19)(H,17,18). The summed E-state index contributed by atoms with van der Waals surface area (Å²) in [4.78, 5) is 23.9. The fourth-order valence-corrected chi connectivity index (χ4v) is 2.07. The molecule has 2 rings (SSSR count). The molecule has 19 heavy (non-hydrogen) atoms. The van der Waals surface area contributed by atoms with Gasteiger partial charge < -0.3 is 15.3 Å². The van der Waals surface area contributed by atoms with Crippen molar-refractivity contribution in [3.8, 4) is 6.07 Å². The number of carbonyl (C=O) groups excluding carboxylic acids is 1. The van der Waals surface area contributed by atoms with Crippen LogP contribution in [0, 0.1) is 17.2 Å². The Kier molecular flexibility index (Phi) is 3.71. The van der Waals surface area contributed by atoms with Crippen molar-refractivity contribution in [3.63, 3.8) is 0 Å². The molecule has 1 saturated heterocycles. The van der Waals surface area contributed by atoms with E-state index in [0.29, 0.717) is 11.3 Å². The number of carboxylic acids is 1. The number of halogens is 1. The van der Waals surface area contributed by atoms with Gasteiger partial charge in [0.05, 0.1) is 17.2 Å². The van der Waals surface area contributed by atoms with E-state index in [4.69, 9.17) is 10.4 Å². The first-order chi connectivity index (χ1) is 9.01. The summed E-state index contributed by atoms with van der Waals surface area (Å²) >= 11 is 3.26. The second-order valence-corrected chi connectivity index (χ2v) is 5.09. The highest BCUT2D eigenvalue weighted by molar-refractivity contribution is 9.10. The van der Waals surface area contributed by atoms with E-state index in [0.717, 1.165) is 4.47 Å². The summed E-state index contributed by atoms with van der Waals surface area (Å²) < 4.78 is 0.744. The highest BCUT2D eigenvalue weighted by atomic mass is 79.9. The van der Waals surface area contributed by atoms with Crippen molar-refractivity contribution >= 4 is 33.6 Å². The Morgan fingerprint density at radius 1 is 1.47 bits per heavy atom. The van der Waals surface area contributed by atoms with E-state index in [1.807, 2.05) is 6.07 Å². The van der Waals surface area contributed by atoms with E-state index in [-0.39, 0.29) is 13.1 Å². The summed E-state index contributed by atoms with van der Waals surface area (Å²) in [7, 11) is 0. The first-order valence-electron chi connectivity index (χ1n) is 5.49. The number of likely N-dealkylation sites (tertiary alicyclic amines) is 1. The Bertz CT molecular complexity index is 576. The SMILES string of the molecule is N#Cc1ccc(Br)cc1NC(=O)N1CC(C(=O)O)C1. The molecule has 1 fully saturated rings. The lowest BCUT2D eigenvalue weighted by Crippen LogP contribution is -2.54. The second kappa shape index (κ2) is 5.28. The quantitative estimate of drug-likeness (QED) is 0.868. The predicted molar refractivity (Wildman–Crippen MR) is 70.6 cm³/mol. The summed E-state index contributed by atoms with van der Waals surface area (Å²) in [5.74, 6) is -1.40. The van der Waals surface area contributed by atoms with Crippen molar-refractivity contribution in [1.29, 1.82) is 5.26 Å². The number of benzene rings is 1. The number of nitrogens with one attached hydrogen (secondary N) is 1. The molecule has 0 radical (unpaired) electrons. The van der Waals surface area contributed by atoms with Gasteiger partial charge in [0.15, 0.2) is 0 Å². The first kappa shape index (κ1) is 13.4. The number of hydrogen-bond acceptors (Lipinski definition) is 3. The van der Waals surface area contributed by atoms with Crippen LogP contribution < -0.4 is 5.32 Å². The minimum atomic E-state index is -0.899. The number of anilines is 1. The molecule has 0 aliphatic carbocycles. The van der Waals surface area contributed by atoms with Crippen LogP contribution in [0.4, 0.5) is 10.5 Å². The number of carboxylic acid groups (broad SMARTS) is 1. The predicted octanol–water partition coefficient (Wildman–Crippen LogP) is 1.87. The maximum atomic E-state index is 11.8. The van der Waals surface area contributed by atoms with Gasteiger partial charge in [-0.25, -0.2) is 4.79 Å². The van der Waals surface area contributed by atoms with Crippen molar-refractivity contribution in [3.05, 3.63) is 28.2 Å². The van der Waals surface area contributed by atoms with Crippen LogP contribution in [0.15, 0.2) is 22.7 Å². The van der Waals surface area contributed by atoms with Gasteiger partial charge in [0.25, 0.3) is 0 Å². The van der Waals surface area contributed by atoms with Crippen LogP contribution in [0.3, 0.4) is 0 Å². The third kappa shape index (κ3) is 2.85. The third-order valence-corrected chi connectivity index (χ3v) is 3.35. The Labute approximate surface area is 117 Å². The van der Waals surface area contributed by atoms with E-state index >= 15 is 0 Å². The molecule has 1 aromatic carbocycles. The van der Waals surface area contributed by atoms with Crippen LogP contribution in [-0.4, -0.2) is 35.1 Å². The maximum absolute atomic E-state index is 11.8. The average Bonchev–Trinajstić information content (AvgIpc) is 2.26. The number of rotatable bonds is 2. The number of hydrogen-bond donors (Lipinski definition) is 2. The molecule has 2 N–H and O–H groups in total. The molecule has 1 aliphatic rings. The molecule has 98 valence electrons. The Morgan fingerprint density at radius 2 is 2.16 bits per heavy atom. The molecule has 1 aliphatic heterocycles. The second-order valence-electron chi connectivity index (χ2n) is 4.17. The van der Waals surface area contributed by atoms with Gasteiger partial charge >= 0.3 is 12.0 Å². The molecule has 0 unspecified atom stereocenters. The van der Waals surface area contributed by atoms with Crippen molar-refractivity contribution in [1.82, 2.24) is 4.90 Å². The highest BCUT2D eigenvalue weighted by Gasteiger charge is 2.35. The largest absolute Gasteiger partial charge is 0.481 e. The van der Waals surface area contributed by atoms with Gasteiger partial charge in [-0.2, -0.15) is 5.26 Å². The molecule has 7 heteroatoms. The van der Waals surface area contributed by atoms with Crippen LogP contribution in [0.25, 0.3) is 0 Å². The fraction of sp³-hybridized carbons (Fsp3) is 0.250. The van der Waals surface area contributed by atoms with Gasteiger partial charge in [-0.15, -0.1) is 0 Å². The average molecular weight is 324 g/mol. The van der Waals surface area contributed by atoms with Gasteiger partial charge in [0, 0.05) is 17.6 Å². The normalized spacial score (nSPS) is 14.4.